The van der Waals surface area contributed by atoms with E-state index >= 15 is 0 Å². The van der Waals surface area contributed by atoms with Crippen LogP contribution in [0.3, 0.4) is 0 Å². The Kier molecular flexibility index (Phi) is 3.89. The fourth-order valence-electron chi connectivity index (χ4n) is 2.18. The lowest BCUT2D eigenvalue weighted by atomic mass is 10.1. The van der Waals surface area contributed by atoms with Gasteiger partial charge in [-0.15, -0.1) is 0 Å². The highest BCUT2D eigenvalue weighted by atomic mass is 79.9. The lowest BCUT2D eigenvalue weighted by molar-refractivity contribution is -0.384. The van der Waals surface area contributed by atoms with Crippen LogP contribution < -0.4 is 4.90 Å². The van der Waals surface area contributed by atoms with Crippen molar-refractivity contribution in [2.45, 2.75) is 12.1 Å². The number of hydrogen-bond donors (Lipinski definition) is 0. The second-order valence-electron chi connectivity index (χ2n) is 4.37. The molecular weight excluding hydrogens is 337 g/mol. The molecule has 0 aromatic carbocycles. The number of carbonyl (C=O) groups excluding carboxylic acids is 1. The zero-order valence-electron chi connectivity index (χ0n) is 10.5. The minimum Gasteiger partial charge on any atom is -0.467 e. The lowest BCUT2D eigenvalue weighted by Crippen LogP contribution is -2.38. The second kappa shape index (κ2) is 5.31. The van der Waals surface area contributed by atoms with Crippen molar-refractivity contribution < 1.29 is 18.8 Å². The number of ether oxygens (including phenoxy) is 1. The molecule has 0 spiro atoms. The number of anilines is 1. The predicted octanol–water partition coefficient (Wildman–Crippen LogP) is 1.84. The molecule has 7 nitrogen and oxygen atoms in total. The molecule has 1 saturated heterocycles. The molecule has 0 amide bonds. The maximum absolute atomic E-state index is 14.4. The van der Waals surface area contributed by atoms with E-state index < -0.39 is 16.6 Å². The smallest absolute Gasteiger partial charge is 0.345 e. The maximum atomic E-state index is 14.4. The number of halogens is 2. The van der Waals surface area contributed by atoms with Gasteiger partial charge in [0, 0.05) is 19.2 Å². The fourth-order valence-corrected chi connectivity index (χ4v) is 2.75. The molecule has 108 valence electrons. The number of hydrogen-bond acceptors (Lipinski definition) is 6. The molecule has 2 rings (SSSR count). The van der Waals surface area contributed by atoms with E-state index in [9.17, 15) is 19.3 Å². The minimum absolute atomic E-state index is 0.0778. The maximum Gasteiger partial charge on any atom is 0.345 e. The third-order valence-electron chi connectivity index (χ3n) is 3.14. The Morgan fingerprint density at radius 2 is 2.35 bits per heavy atom. The molecule has 20 heavy (non-hydrogen) atoms. The van der Waals surface area contributed by atoms with E-state index in [1.807, 2.05) is 0 Å². The Balaban J connectivity index is 2.36. The van der Waals surface area contributed by atoms with Gasteiger partial charge in [-0.25, -0.2) is 9.18 Å². The molecule has 9 heteroatoms. The van der Waals surface area contributed by atoms with Crippen LogP contribution in [0.1, 0.15) is 6.42 Å². The first-order chi connectivity index (χ1) is 9.39. The van der Waals surface area contributed by atoms with E-state index in [1.165, 1.54) is 11.1 Å². The van der Waals surface area contributed by atoms with Crippen LogP contribution in [0.25, 0.3) is 0 Å². The molecule has 2 heterocycles. The van der Waals surface area contributed by atoms with Crippen molar-refractivity contribution >= 4 is 33.3 Å². The molecule has 0 N–H and O–H groups in total. The van der Waals surface area contributed by atoms with Crippen molar-refractivity contribution in [2.24, 2.45) is 0 Å². The summed E-state index contributed by atoms with van der Waals surface area (Å²) in [5.74, 6) is -0.965. The van der Waals surface area contributed by atoms with Gasteiger partial charge in [-0.2, -0.15) is 0 Å². The normalized spacial score (nSPS) is 21.9. The largest absolute Gasteiger partial charge is 0.467 e. The fraction of sp³-hybridized carbons (Fsp3) is 0.455. The molecule has 0 bridgehead atoms. The van der Waals surface area contributed by atoms with Gasteiger partial charge >= 0.3 is 11.7 Å². The first-order valence-electron chi connectivity index (χ1n) is 5.69. The van der Waals surface area contributed by atoms with Gasteiger partial charge in [0.15, 0.2) is 0 Å². The highest BCUT2D eigenvalue weighted by Gasteiger charge is 2.47. The van der Waals surface area contributed by atoms with E-state index in [1.54, 1.807) is 0 Å². The van der Waals surface area contributed by atoms with Crippen molar-refractivity contribution in [3.8, 4) is 0 Å². The molecule has 1 aliphatic rings. The summed E-state index contributed by atoms with van der Waals surface area (Å²) >= 11 is 3.17. The van der Waals surface area contributed by atoms with E-state index in [-0.39, 0.29) is 30.9 Å². The number of aromatic nitrogens is 1. The molecular formula is C11H11BrFN3O4. The summed E-state index contributed by atoms with van der Waals surface area (Å²) in [6.45, 7) is -0.113. The zero-order valence-corrected chi connectivity index (χ0v) is 12.1. The van der Waals surface area contributed by atoms with Crippen LogP contribution in [0.2, 0.25) is 0 Å². The molecule has 0 aliphatic carbocycles. The van der Waals surface area contributed by atoms with E-state index in [2.05, 4.69) is 25.7 Å². The van der Waals surface area contributed by atoms with Crippen LogP contribution in [0.15, 0.2) is 16.9 Å². The monoisotopic (exact) mass is 347 g/mol. The number of nitrogens with zero attached hydrogens (tertiary/aromatic N) is 3. The summed E-state index contributed by atoms with van der Waals surface area (Å²) in [4.78, 5) is 27.0. The number of methoxy groups -OCH3 is 1. The van der Waals surface area contributed by atoms with Gasteiger partial charge in [0.2, 0.25) is 5.67 Å². The van der Waals surface area contributed by atoms with E-state index in [4.69, 9.17) is 0 Å². The lowest BCUT2D eigenvalue weighted by Gasteiger charge is -2.21. The number of rotatable bonds is 3. The molecule has 0 saturated carbocycles. The minimum atomic E-state index is -2.15. The van der Waals surface area contributed by atoms with Gasteiger partial charge in [-0.05, 0) is 15.9 Å². The van der Waals surface area contributed by atoms with Crippen LogP contribution in [0, 0.1) is 10.1 Å². The quantitative estimate of drug-likeness (QED) is 0.471. The highest BCUT2D eigenvalue weighted by molar-refractivity contribution is 9.10. The average molecular weight is 348 g/mol. The Bertz CT molecular complexity index is 571. The van der Waals surface area contributed by atoms with Crippen LogP contribution >= 0.6 is 15.9 Å². The molecule has 0 unspecified atom stereocenters. The number of alkyl halides is 1. The standard InChI is InChI=1S/C11H11BrFN3O4/c1-20-10(17)11(13)2-3-15(6-11)9-7(12)4-14-5-8(9)16(18)19/h4-5H,2-3,6H2,1H3/t11-/m1/s1. The topological polar surface area (TPSA) is 85.6 Å². The Morgan fingerprint density at radius 3 is 2.95 bits per heavy atom. The summed E-state index contributed by atoms with van der Waals surface area (Å²) in [5.41, 5.74) is -2.17. The average Bonchev–Trinajstić information content (AvgIpc) is 2.81. The van der Waals surface area contributed by atoms with Gasteiger partial charge in [0.25, 0.3) is 0 Å². The SMILES string of the molecule is COC(=O)[C@@]1(F)CCN(c2c(Br)cncc2[N+](=O)[O-])C1. The summed E-state index contributed by atoms with van der Waals surface area (Å²) < 4.78 is 19.2. The highest BCUT2D eigenvalue weighted by Crippen LogP contribution is 2.39. The third-order valence-corrected chi connectivity index (χ3v) is 3.72. The first kappa shape index (κ1) is 14.6. The summed E-state index contributed by atoms with van der Waals surface area (Å²) in [6, 6.07) is 0. The number of pyridine rings is 1. The Morgan fingerprint density at radius 1 is 1.65 bits per heavy atom. The van der Waals surface area contributed by atoms with Crippen LogP contribution in [0.5, 0.6) is 0 Å². The van der Waals surface area contributed by atoms with Crippen LogP contribution in [-0.4, -0.2) is 41.7 Å². The molecule has 1 aromatic rings. The van der Waals surface area contributed by atoms with Crippen molar-refractivity contribution in [3.05, 3.63) is 27.0 Å². The predicted molar refractivity (Wildman–Crippen MR) is 71.3 cm³/mol. The summed E-state index contributed by atoms with van der Waals surface area (Å²) in [5, 5.41) is 11.0. The second-order valence-corrected chi connectivity index (χ2v) is 5.23. The van der Waals surface area contributed by atoms with Gasteiger partial charge in [-0.1, -0.05) is 0 Å². The van der Waals surface area contributed by atoms with Gasteiger partial charge in [0.05, 0.1) is 23.1 Å². The Hall–Kier alpha value is -1.77. The van der Waals surface area contributed by atoms with Crippen LogP contribution in [-0.2, 0) is 9.53 Å². The molecule has 1 aliphatic heterocycles. The number of carbonyl (C=O) groups is 1. The van der Waals surface area contributed by atoms with Crippen molar-refractivity contribution in [3.63, 3.8) is 0 Å². The van der Waals surface area contributed by atoms with Gasteiger partial charge in [0.1, 0.15) is 11.9 Å². The van der Waals surface area contributed by atoms with Crippen molar-refractivity contribution in [2.75, 3.05) is 25.1 Å². The van der Waals surface area contributed by atoms with E-state index in [0.717, 1.165) is 13.3 Å². The number of esters is 1. The van der Waals surface area contributed by atoms with E-state index in [0.29, 0.717) is 4.47 Å². The van der Waals surface area contributed by atoms with Crippen LogP contribution in [0.4, 0.5) is 15.8 Å². The van der Waals surface area contributed by atoms with Gasteiger partial charge < -0.3 is 9.64 Å². The van der Waals surface area contributed by atoms with Crippen molar-refractivity contribution in [1.82, 2.24) is 4.98 Å². The molecule has 1 aromatic heterocycles. The molecule has 1 atom stereocenters. The summed E-state index contributed by atoms with van der Waals surface area (Å²) in [7, 11) is 1.11. The molecule has 1 fully saturated rings. The first-order valence-corrected chi connectivity index (χ1v) is 6.48. The summed E-state index contributed by atoms with van der Waals surface area (Å²) in [6.07, 6.45) is 2.40. The van der Waals surface area contributed by atoms with Crippen molar-refractivity contribution in [1.29, 1.82) is 0 Å². The number of nitro groups is 1. The van der Waals surface area contributed by atoms with Gasteiger partial charge in [-0.3, -0.25) is 15.1 Å². The Labute approximate surface area is 122 Å². The third kappa shape index (κ3) is 2.45. The molecule has 0 radical (unpaired) electrons. The zero-order chi connectivity index (χ0) is 14.9.